The topological polar surface area (TPSA) is 57.6 Å². The monoisotopic (exact) mass is 311 g/mol. The molecule has 0 heterocycles. The van der Waals surface area contributed by atoms with Crippen molar-refractivity contribution in [3.05, 3.63) is 12.2 Å². The van der Waals surface area contributed by atoms with Gasteiger partial charge in [-0.05, 0) is 39.5 Å². The third kappa shape index (κ3) is 9.59. The van der Waals surface area contributed by atoms with Crippen LogP contribution >= 0.6 is 0 Å². The van der Waals surface area contributed by atoms with Crippen LogP contribution in [-0.2, 0) is 9.59 Å². The van der Waals surface area contributed by atoms with Gasteiger partial charge < -0.3 is 10.0 Å². The van der Waals surface area contributed by atoms with Gasteiger partial charge in [0, 0.05) is 19.5 Å². The van der Waals surface area contributed by atoms with E-state index in [1.807, 2.05) is 13.8 Å². The normalized spacial score (nSPS) is 12.5. The Hall–Kier alpha value is -1.32. The van der Waals surface area contributed by atoms with E-state index in [0.717, 1.165) is 12.8 Å². The fourth-order valence-corrected chi connectivity index (χ4v) is 2.45. The van der Waals surface area contributed by atoms with E-state index in [4.69, 9.17) is 0 Å². The van der Waals surface area contributed by atoms with E-state index in [2.05, 4.69) is 19.1 Å². The van der Waals surface area contributed by atoms with Crippen LogP contribution in [0.3, 0.4) is 0 Å². The van der Waals surface area contributed by atoms with Gasteiger partial charge >= 0.3 is 5.97 Å². The molecular formula is C18H33NO3. The fraction of sp³-hybridized carbons (Fsp3) is 0.778. The first kappa shape index (κ1) is 20.7. The van der Waals surface area contributed by atoms with Gasteiger partial charge in [0.1, 0.15) is 0 Å². The summed E-state index contributed by atoms with van der Waals surface area (Å²) < 4.78 is 0. The number of rotatable bonds is 13. The Labute approximate surface area is 135 Å². The molecule has 128 valence electrons. The number of aliphatic carboxylic acids is 1. The molecule has 0 rings (SSSR count). The second-order valence-corrected chi connectivity index (χ2v) is 5.70. The Morgan fingerprint density at radius 3 is 2.18 bits per heavy atom. The molecule has 1 N–H and O–H groups in total. The van der Waals surface area contributed by atoms with Gasteiger partial charge in [-0.3, -0.25) is 9.59 Å². The number of carbonyl (C=O) groups excluding carboxylic acids is 1. The zero-order valence-electron chi connectivity index (χ0n) is 14.5. The van der Waals surface area contributed by atoms with Crippen molar-refractivity contribution in [2.75, 3.05) is 13.1 Å². The molecule has 0 radical (unpaired) electrons. The highest BCUT2D eigenvalue weighted by Gasteiger charge is 2.22. The van der Waals surface area contributed by atoms with E-state index in [1.165, 1.54) is 25.7 Å². The molecule has 4 nitrogen and oxygen atoms in total. The maximum Gasteiger partial charge on any atom is 0.307 e. The first-order valence-corrected chi connectivity index (χ1v) is 8.72. The predicted octanol–water partition coefficient (Wildman–Crippen LogP) is 4.25. The Bertz CT molecular complexity index is 335. The minimum Gasteiger partial charge on any atom is -0.481 e. The highest BCUT2D eigenvalue weighted by Crippen LogP contribution is 2.14. The quantitative estimate of drug-likeness (QED) is 0.408. The molecule has 0 fully saturated rings. The molecular weight excluding hydrogens is 278 g/mol. The standard InChI is InChI=1S/C18H33NO3/c1-4-7-8-9-10-11-12-13-14-16(18(21)22)15-17(20)19(5-2)6-3/h11-12,16H,4-10,13-15H2,1-3H3,(H,21,22)/b12-11+. The van der Waals surface area contributed by atoms with Crippen molar-refractivity contribution in [1.29, 1.82) is 0 Å². The number of carboxylic acid groups (broad SMARTS) is 1. The van der Waals surface area contributed by atoms with E-state index in [0.29, 0.717) is 19.5 Å². The lowest BCUT2D eigenvalue weighted by molar-refractivity contribution is -0.146. The number of amides is 1. The van der Waals surface area contributed by atoms with Crippen molar-refractivity contribution < 1.29 is 14.7 Å². The Morgan fingerprint density at radius 1 is 1.00 bits per heavy atom. The number of carboxylic acids is 1. The van der Waals surface area contributed by atoms with E-state index >= 15 is 0 Å². The molecule has 0 aliphatic carbocycles. The third-order valence-electron chi connectivity index (χ3n) is 3.96. The molecule has 1 atom stereocenters. The van der Waals surface area contributed by atoms with Crippen LogP contribution in [0, 0.1) is 5.92 Å². The van der Waals surface area contributed by atoms with Crippen LogP contribution in [0.1, 0.15) is 72.1 Å². The first-order chi connectivity index (χ1) is 10.6. The van der Waals surface area contributed by atoms with E-state index in [9.17, 15) is 14.7 Å². The lowest BCUT2D eigenvalue weighted by Crippen LogP contribution is -2.33. The summed E-state index contributed by atoms with van der Waals surface area (Å²) in [5.74, 6) is -1.49. The number of hydrogen-bond donors (Lipinski definition) is 1. The van der Waals surface area contributed by atoms with Crippen LogP contribution in [0.2, 0.25) is 0 Å². The summed E-state index contributed by atoms with van der Waals surface area (Å²) in [5.41, 5.74) is 0. The smallest absolute Gasteiger partial charge is 0.307 e. The average molecular weight is 311 g/mol. The number of nitrogens with zero attached hydrogens (tertiary/aromatic N) is 1. The molecule has 0 bridgehead atoms. The van der Waals surface area contributed by atoms with E-state index in [1.54, 1.807) is 4.90 Å². The first-order valence-electron chi connectivity index (χ1n) is 8.72. The number of unbranched alkanes of at least 4 members (excludes halogenated alkanes) is 4. The van der Waals surface area contributed by atoms with Crippen molar-refractivity contribution in [3.8, 4) is 0 Å². The molecule has 0 aromatic heterocycles. The van der Waals surface area contributed by atoms with Crippen LogP contribution in [0.4, 0.5) is 0 Å². The summed E-state index contributed by atoms with van der Waals surface area (Å²) >= 11 is 0. The summed E-state index contributed by atoms with van der Waals surface area (Å²) in [6, 6.07) is 0. The Balaban J connectivity index is 4.07. The van der Waals surface area contributed by atoms with Gasteiger partial charge in [0.15, 0.2) is 0 Å². The van der Waals surface area contributed by atoms with Gasteiger partial charge in [0.05, 0.1) is 5.92 Å². The third-order valence-corrected chi connectivity index (χ3v) is 3.96. The summed E-state index contributed by atoms with van der Waals surface area (Å²) in [5, 5.41) is 9.25. The van der Waals surface area contributed by atoms with Gasteiger partial charge in [-0.25, -0.2) is 0 Å². The van der Waals surface area contributed by atoms with Crippen molar-refractivity contribution in [1.82, 2.24) is 4.90 Å². The molecule has 0 aliphatic rings. The summed E-state index contributed by atoms with van der Waals surface area (Å²) in [6.07, 6.45) is 11.6. The highest BCUT2D eigenvalue weighted by molar-refractivity contribution is 5.82. The highest BCUT2D eigenvalue weighted by atomic mass is 16.4. The fourth-order valence-electron chi connectivity index (χ4n) is 2.45. The number of carbonyl (C=O) groups is 2. The molecule has 0 aromatic carbocycles. The summed E-state index contributed by atoms with van der Waals surface area (Å²) in [7, 11) is 0. The maximum atomic E-state index is 12.0. The van der Waals surface area contributed by atoms with Crippen LogP contribution < -0.4 is 0 Å². The lowest BCUT2D eigenvalue weighted by Gasteiger charge is -2.20. The van der Waals surface area contributed by atoms with Crippen LogP contribution in [0.5, 0.6) is 0 Å². The predicted molar refractivity (Wildman–Crippen MR) is 90.8 cm³/mol. The molecule has 0 saturated heterocycles. The van der Waals surface area contributed by atoms with Crippen molar-refractivity contribution in [3.63, 3.8) is 0 Å². The van der Waals surface area contributed by atoms with Crippen molar-refractivity contribution >= 4 is 11.9 Å². The number of hydrogen-bond acceptors (Lipinski definition) is 2. The van der Waals surface area contributed by atoms with E-state index in [-0.39, 0.29) is 12.3 Å². The van der Waals surface area contributed by atoms with Crippen molar-refractivity contribution in [2.24, 2.45) is 5.92 Å². The number of allylic oxidation sites excluding steroid dienone is 2. The molecule has 0 saturated carbocycles. The van der Waals surface area contributed by atoms with Gasteiger partial charge in [0.2, 0.25) is 5.91 Å². The summed E-state index contributed by atoms with van der Waals surface area (Å²) in [6.45, 7) is 7.30. The zero-order chi connectivity index (χ0) is 16.8. The average Bonchev–Trinajstić information content (AvgIpc) is 2.49. The molecule has 0 aliphatic heterocycles. The van der Waals surface area contributed by atoms with Gasteiger partial charge in [-0.2, -0.15) is 0 Å². The SMILES string of the molecule is CCCCCC/C=C/CCC(CC(=O)N(CC)CC)C(=O)O. The second-order valence-electron chi connectivity index (χ2n) is 5.70. The molecule has 0 aromatic rings. The molecule has 4 heteroatoms. The van der Waals surface area contributed by atoms with Gasteiger partial charge in [0.25, 0.3) is 0 Å². The maximum absolute atomic E-state index is 12.0. The van der Waals surface area contributed by atoms with Gasteiger partial charge in [-0.15, -0.1) is 0 Å². The molecule has 1 unspecified atom stereocenters. The molecule has 22 heavy (non-hydrogen) atoms. The molecule has 0 spiro atoms. The van der Waals surface area contributed by atoms with Crippen LogP contribution in [-0.4, -0.2) is 35.0 Å². The lowest BCUT2D eigenvalue weighted by atomic mass is 9.98. The van der Waals surface area contributed by atoms with Crippen molar-refractivity contribution in [2.45, 2.75) is 72.1 Å². The zero-order valence-corrected chi connectivity index (χ0v) is 14.5. The van der Waals surface area contributed by atoms with Gasteiger partial charge in [-0.1, -0.05) is 38.3 Å². The van der Waals surface area contributed by atoms with E-state index < -0.39 is 11.9 Å². The minimum atomic E-state index is -0.864. The minimum absolute atomic E-state index is 0.0547. The Morgan fingerprint density at radius 2 is 1.64 bits per heavy atom. The Kier molecular flexibility index (Phi) is 12.5. The second kappa shape index (κ2) is 13.4. The van der Waals surface area contributed by atoms with Crippen LogP contribution in [0.15, 0.2) is 12.2 Å². The largest absolute Gasteiger partial charge is 0.481 e. The summed E-state index contributed by atoms with van der Waals surface area (Å²) in [4.78, 5) is 25.0. The van der Waals surface area contributed by atoms with Crippen LogP contribution in [0.25, 0.3) is 0 Å². The molecule has 1 amide bonds.